The van der Waals surface area contributed by atoms with Gasteiger partial charge in [-0.15, -0.1) is 0 Å². The number of hydrogen-bond donors (Lipinski definition) is 0. The average molecular weight is 506 g/mol. The molecular weight excluding hydrogens is 462 g/mol. The predicted molar refractivity (Wildman–Crippen MR) is 149 cm³/mol. The van der Waals surface area contributed by atoms with Crippen LogP contribution >= 0.6 is 0 Å². The van der Waals surface area contributed by atoms with E-state index in [-0.39, 0.29) is 23.3 Å². The first-order chi connectivity index (χ1) is 17.3. The van der Waals surface area contributed by atoms with E-state index in [1.165, 1.54) is 5.56 Å². The molecule has 2 aromatic carbocycles. The monoisotopic (exact) mass is 505 g/mol. The number of β-lactam (4-membered cyclic amide) rings is 1. The maximum atomic E-state index is 11.8. The van der Waals surface area contributed by atoms with Crippen molar-refractivity contribution in [3.8, 4) is 0 Å². The smallest absolute Gasteiger partial charge is 0.254 e. The highest BCUT2D eigenvalue weighted by atomic mass is 16.2. The van der Waals surface area contributed by atoms with Crippen LogP contribution in [0.1, 0.15) is 83.3 Å². The van der Waals surface area contributed by atoms with Crippen LogP contribution < -0.4 is 4.90 Å². The lowest BCUT2D eigenvalue weighted by atomic mass is 9.82. The molecule has 37 heavy (non-hydrogen) atoms. The Balaban J connectivity index is 0.000000157. The number of carbonyl (C=O) groups excluding carboxylic acids is 3. The Bertz CT molecular complexity index is 1140. The molecule has 0 N–H and O–H groups in total. The van der Waals surface area contributed by atoms with Gasteiger partial charge < -0.3 is 14.7 Å². The zero-order valence-corrected chi connectivity index (χ0v) is 23.7. The van der Waals surface area contributed by atoms with Gasteiger partial charge in [0.2, 0.25) is 11.8 Å². The van der Waals surface area contributed by atoms with Crippen molar-refractivity contribution >= 4 is 23.4 Å². The molecule has 6 nitrogen and oxygen atoms in total. The van der Waals surface area contributed by atoms with E-state index >= 15 is 0 Å². The van der Waals surface area contributed by atoms with Crippen LogP contribution in [0.4, 0.5) is 5.69 Å². The van der Waals surface area contributed by atoms with Crippen LogP contribution in [-0.4, -0.2) is 52.2 Å². The lowest BCUT2D eigenvalue weighted by Gasteiger charge is -2.47. The van der Waals surface area contributed by atoms with Crippen molar-refractivity contribution in [2.75, 3.05) is 11.4 Å². The fourth-order valence-corrected chi connectivity index (χ4v) is 4.99. The van der Waals surface area contributed by atoms with Crippen molar-refractivity contribution in [3.63, 3.8) is 0 Å². The number of carbonyl (C=O) groups is 3. The number of amides is 3. The molecule has 2 aromatic rings. The fourth-order valence-electron chi connectivity index (χ4n) is 4.99. The van der Waals surface area contributed by atoms with Crippen LogP contribution in [0.25, 0.3) is 0 Å². The van der Waals surface area contributed by atoms with Gasteiger partial charge in [0.25, 0.3) is 5.91 Å². The van der Waals surface area contributed by atoms with Gasteiger partial charge in [0.1, 0.15) is 0 Å². The minimum absolute atomic E-state index is 0.0791. The molecule has 0 aliphatic carbocycles. The molecule has 5 rings (SSSR count). The second-order valence-corrected chi connectivity index (χ2v) is 11.6. The summed E-state index contributed by atoms with van der Waals surface area (Å²) < 4.78 is 0. The van der Waals surface area contributed by atoms with Crippen molar-refractivity contribution in [1.82, 2.24) is 9.80 Å². The van der Waals surface area contributed by atoms with E-state index in [9.17, 15) is 14.4 Å². The Hall–Kier alpha value is -3.15. The SMILES string of the molecule is CC(C)N1C(=O)CCc2ccccc21.CC(C)N1CC(C)(C)C1=O.CC(C)N1Cc2ccccc2C1=O. The highest BCUT2D eigenvalue weighted by molar-refractivity contribution is 5.98. The van der Waals surface area contributed by atoms with Crippen molar-refractivity contribution in [2.24, 2.45) is 5.41 Å². The first kappa shape index (κ1) is 28.4. The largest absolute Gasteiger partial charge is 0.339 e. The summed E-state index contributed by atoms with van der Waals surface area (Å²) in [7, 11) is 0. The lowest BCUT2D eigenvalue weighted by Crippen LogP contribution is -2.60. The Labute approximate surface area is 222 Å². The van der Waals surface area contributed by atoms with Crippen molar-refractivity contribution in [2.45, 2.75) is 92.9 Å². The molecule has 1 saturated heterocycles. The van der Waals surface area contributed by atoms with Gasteiger partial charge >= 0.3 is 0 Å². The van der Waals surface area contributed by atoms with E-state index in [0.29, 0.717) is 24.4 Å². The zero-order valence-electron chi connectivity index (χ0n) is 23.7. The van der Waals surface area contributed by atoms with Crippen LogP contribution in [-0.2, 0) is 22.6 Å². The summed E-state index contributed by atoms with van der Waals surface area (Å²) in [6, 6.07) is 16.9. The fraction of sp³-hybridized carbons (Fsp3) is 0.516. The van der Waals surface area contributed by atoms with Crippen molar-refractivity contribution in [1.29, 1.82) is 0 Å². The maximum Gasteiger partial charge on any atom is 0.254 e. The summed E-state index contributed by atoms with van der Waals surface area (Å²) in [5, 5.41) is 0. The quantitative estimate of drug-likeness (QED) is 0.504. The Morgan fingerprint density at radius 2 is 1.27 bits per heavy atom. The summed E-state index contributed by atoms with van der Waals surface area (Å²) in [5.74, 6) is 0.715. The second-order valence-electron chi connectivity index (χ2n) is 11.6. The first-order valence-electron chi connectivity index (χ1n) is 13.4. The van der Waals surface area contributed by atoms with E-state index in [1.807, 2.05) is 98.7 Å². The normalized spacial score (nSPS) is 17.7. The summed E-state index contributed by atoms with van der Waals surface area (Å²) in [6.45, 7) is 18.0. The molecule has 3 heterocycles. The number of para-hydroxylation sites is 1. The number of fused-ring (bicyclic) bond motifs is 2. The number of anilines is 1. The van der Waals surface area contributed by atoms with E-state index in [0.717, 1.165) is 36.3 Å². The summed E-state index contributed by atoms with van der Waals surface area (Å²) in [4.78, 5) is 40.4. The molecular formula is C31H43N3O3. The van der Waals surface area contributed by atoms with Crippen LogP contribution in [0.5, 0.6) is 0 Å². The Morgan fingerprint density at radius 1 is 0.703 bits per heavy atom. The zero-order chi connectivity index (χ0) is 27.5. The third kappa shape index (κ3) is 6.23. The van der Waals surface area contributed by atoms with Gasteiger partial charge in [-0.1, -0.05) is 36.4 Å². The van der Waals surface area contributed by atoms with Crippen LogP contribution in [0.2, 0.25) is 0 Å². The average Bonchev–Trinajstić information content (AvgIpc) is 3.19. The van der Waals surface area contributed by atoms with Gasteiger partial charge in [-0.2, -0.15) is 0 Å². The highest BCUT2D eigenvalue weighted by Gasteiger charge is 2.44. The number of aryl methyl sites for hydroxylation is 1. The molecule has 3 aliphatic rings. The van der Waals surface area contributed by atoms with E-state index in [1.54, 1.807) is 0 Å². The summed E-state index contributed by atoms with van der Waals surface area (Å²) in [5.41, 5.74) is 4.33. The van der Waals surface area contributed by atoms with E-state index < -0.39 is 0 Å². The molecule has 3 aliphatic heterocycles. The van der Waals surface area contributed by atoms with Gasteiger partial charge in [0, 0.05) is 48.9 Å². The molecule has 1 fully saturated rings. The third-order valence-corrected chi connectivity index (χ3v) is 7.15. The molecule has 200 valence electrons. The number of rotatable bonds is 3. The highest BCUT2D eigenvalue weighted by Crippen LogP contribution is 2.32. The minimum Gasteiger partial charge on any atom is -0.339 e. The van der Waals surface area contributed by atoms with Gasteiger partial charge in [-0.05, 0) is 85.1 Å². The molecule has 3 amide bonds. The summed E-state index contributed by atoms with van der Waals surface area (Å²) in [6.07, 6.45) is 1.54. The molecule has 0 radical (unpaired) electrons. The summed E-state index contributed by atoms with van der Waals surface area (Å²) >= 11 is 0. The molecule has 6 heteroatoms. The molecule has 0 saturated carbocycles. The van der Waals surface area contributed by atoms with Crippen molar-refractivity contribution in [3.05, 3.63) is 65.2 Å². The van der Waals surface area contributed by atoms with E-state index in [2.05, 4.69) is 19.9 Å². The maximum absolute atomic E-state index is 11.8. The molecule has 0 aromatic heterocycles. The van der Waals surface area contributed by atoms with Gasteiger partial charge in [0.05, 0.1) is 5.41 Å². The Morgan fingerprint density at radius 3 is 1.76 bits per heavy atom. The lowest BCUT2D eigenvalue weighted by molar-refractivity contribution is -0.159. The number of nitrogens with zero attached hydrogens (tertiary/aromatic N) is 3. The Kier molecular flexibility index (Phi) is 8.83. The van der Waals surface area contributed by atoms with Gasteiger partial charge in [0.15, 0.2) is 0 Å². The third-order valence-electron chi connectivity index (χ3n) is 7.15. The van der Waals surface area contributed by atoms with Gasteiger partial charge in [-0.3, -0.25) is 14.4 Å². The number of benzene rings is 2. The topological polar surface area (TPSA) is 60.9 Å². The second kappa shape index (κ2) is 11.5. The van der Waals surface area contributed by atoms with E-state index in [4.69, 9.17) is 0 Å². The van der Waals surface area contributed by atoms with Crippen LogP contribution in [0.3, 0.4) is 0 Å². The van der Waals surface area contributed by atoms with Crippen LogP contribution in [0, 0.1) is 5.41 Å². The van der Waals surface area contributed by atoms with Gasteiger partial charge in [-0.25, -0.2) is 0 Å². The molecule has 0 bridgehead atoms. The molecule has 0 atom stereocenters. The van der Waals surface area contributed by atoms with Crippen LogP contribution in [0.15, 0.2) is 48.5 Å². The number of likely N-dealkylation sites (tertiary alicyclic amines) is 1. The standard InChI is InChI=1S/C12H15NO.C11H13NO.C8H15NO/c1-9(2)13-11-6-4-3-5-10(11)7-8-12(13)14;1-8(2)12-7-9-5-3-4-6-10(9)11(12)13;1-6(2)9-5-8(3,4)7(9)10/h3-6,9H,7-8H2,1-2H3;3-6,8H,7H2,1-2H3;6H,5H2,1-4H3. The van der Waals surface area contributed by atoms with Crippen molar-refractivity contribution < 1.29 is 14.4 Å². The first-order valence-corrected chi connectivity index (χ1v) is 13.4. The molecule has 0 unspecified atom stereocenters. The molecule has 0 spiro atoms. The predicted octanol–water partition coefficient (Wildman–Crippen LogP) is 5.69. The number of hydrogen-bond acceptors (Lipinski definition) is 3. The minimum atomic E-state index is -0.0791.